The van der Waals surface area contributed by atoms with Crippen molar-refractivity contribution in [1.29, 1.82) is 0 Å². The van der Waals surface area contributed by atoms with Gasteiger partial charge in [-0.05, 0) is 64.2 Å². The molecule has 2 heterocycles. The number of ether oxygens (including phenoxy) is 1. The van der Waals surface area contributed by atoms with Gasteiger partial charge in [0.05, 0.1) is 10.5 Å². The number of nitrogens with two attached hydrogens (primary N) is 1. The molecular formula is C20H29N3O5S. The molecule has 0 spiro atoms. The first-order chi connectivity index (χ1) is 13.7. The maximum Gasteiger partial charge on any atom is 0.260 e. The molecule has 0 aliphatic carbocycles. The Kier molecular flexibility index (Phi) is 6.48. The third kappa shape index (κ3) is 4.56. The molecule has 1 aromatic carbocycles. The third-order valence-electron chi connectivity index (χ3n) is 5.75. The highest BCUT2D eigenvalue weighted by atomic mass is 32.2. The minimum atomic E-state index is -3.68. The summed E-state index contributed by atoms with van der Waals surface area (Å²) in [5.74, 6) is -0.844. The summed E-state index contributed by atoms with van der Waals surface area (Å²) in [4.78, 5) is 26.4. The Labute approximate surface area is 172 Å². The molecule has 2 aliphatic heterocycles. The van der Waals surface area contributed by atoms with Crippen molar-refractivity contribution in [3.05, 3.63) is 23.8 Å². The molecule has 0 radical (unpaired) electrons. The second-order valence-electron chi connectivity index (χ2n) is 7.85. The van der Waals surface area contributed by atoms with Crippen molar-refractivity contribution in [2.75, 3.05) is 19.7 Å². The molecule has 9 heteroatoms. The monoisotopic (exact) mass is 423 g/mol. The third-order valence-corrected chi connectivity index (χ3v) is 7.65. The topological polar surface area (TPSA) is 110 Å². The molecule has 0 saturated carbocycles. The maximum atomic E-state index is 12.7. The Bertz CT molecular complexity index is 870. The fourth-order valence-electron chi connectivity index (χ4n) is 4.19. The molecule has 0 bridgehead atoms. The van der Waals surface area contributed by atoms with Gasteiger partial charge in [0.15, 0.2) is 6.61 Å². The van der Waals surface area contributed by atoms with E-state index in [9.17, 15) is 18.0 Å². The summed E-state index contributed by atoms with van der Waals surface area (Å²) in [7, 11) is -3.68. The fourth-order valence-corrected chi connectivity index (χ4v) is 5.74. The molecule has 0 aromatic heterocycles. The Morgan fingerprint density at radius 1 is 1.10 bits per heavy atom. The SMILES string of the molecule is C[C@H]1CCC[C@H](C)N1C(=O)COc1ccc(S(=O)(=O)N2CCCC2)cc1C(N)=O. The predicted octanol–water partition coefficient (Wildman–Crippen LogP) is 1.74. The smallest absolute Gasteiger partial charge is 0.260 e. The van der Waals surface area contributed by atoms with Gasteiger partial charge in [0.2, 0.25) is 10.0 Å². The Hall–Kier alpha value is -2.13. The van der Waals surface area contributed by atoms with E-state index in [2.05, 4.69) is 0 Å². The van der Waals surface area contributed by atoms with Crippen LogP contribution in [-0.4, -0.2) is 61.2 Å². The Morgan fingerprint density at radius 2 is 1.72 bits per heavy atom. The van der Waals surface area contributed by atoms with Crippen LogP contribution in [-0.2, 0) is 14.8 Å². The molecule has 3 rings (SSSR count). The number of benzene rings is 1. The van der Waals surface area contributed by atoms with E-state index in [1.807, 2.05) is 18.7 Å². The second kappa shape index (κ2) is 8.71. The number of amides is 2. The van der Waals surface area contributed by atoms with Crippen LogP contribution in [0.25, 0.3) is 0 Å². The van der Waals surface area contributed by atoms with Gasteiger partial charge in [0.1, 0.15) is 5.75 Å². The van der Waals surface area contributed by atoms with E-state index in [-0.39, 0.29) is 40.8 Å². The standard InChI is InChI=1S/C20H29N3O5S/c1-14-6-5-7-15(2)23(14)19(24)13-28-18-9-8-16(12-17(18)20(21)25)29(26,27)22-10-3-4-11-22/h8-9,12,14-15H,3-7,10-11,13H2,1-2H3,(H2,21,25)/t14-,15-/m0/s1. The number of rotatable bonds is 6. The van der Waals surface area contributed by atoms with Crippen molar-refractivity contribution >= 4 is 21.8 Å². The zero-order chi connectivity index (χ0) is 21.2. The number of likely N-dealkylation sites (tertiary alicyclic amines) is 1. The Balaban J connectivity index is 1.77. The van der Waals surface area contributed by atoms with Crippen LogP contribution in [0.1, 0.15) is 56.3 Å². The summed E-state index contributed by atoms with van der Waals surface area (Å²) in [6, 6.07) is 4.31. The van der Waals surface area contributed by atoms with E-state index in [1.165, 1.54) is 22.5 Å². The quantitative estimate of drug-likeness (QED) is 0.749. The second-order valence-corrected chi connectivity index (χ2v) is 9.79. The van der Waals surface area contributed by atoms with Crippen molar-refractivity contribution in [2.45, 2.75) is 62.9 Å². The first kappa shape index (κ1) is 21.6. The highest BCUT2D eigenvalue weighted by molar-refractivity contribution is 7.89. The summed E-state index contributed by atoms with van der Waals surface area (Å²) >= 11 is 0. The number of hydrogen-bond acceptors (Lipinski definition) is 5. The molecule has 2 saturated heterocycles. The minimum Gasteiger partial charge on any atom is -0.483 e. The number of piperidine rings is 1. The molecule has 1 aromatic rings. The van der Waals surface area contributed by atoms with E-state index in [0.29, 0.717) is 13.1 Å². The minimum absolute atomic E-state index is 0.00477. The largest absolute Gasteiger partial charge is 0.483 e. The van der Waals surface area contributed by atoms with Crippen molar-refractivity contribution < 1.29 is 22.7 Å². The first-order valence-corrected chi connectivity index (χ1v) is 11.5. The van der Waals surface area contributed by atoms with Gasteiger partial charge in [-0.2, -0.15) is 4.31 Å². The van der Waals surface area contributed by atoms with Crippen LogP contribution < -0.4 is 10.5 Å². The fraction of sp³-hybridized carbons (Fsp3) is 0.600. The van der Waals surface area contributed by atoms with E-state index in [0.717, 1.165) is 32.1 Å². The van der Waals surface area contributed by atoms with Crippen molar-refractivity contribution in [1.82, 2.24) is 9.21 Å². The average Bonchev–Trinajstić information content (AvgIpc) is 3.21. The molecule has 2 N–H and O–H groups in total. The molecule has 29 heavy (non-hydrogen) atoms. The van der Waals surface area contributed by atoms with E-state index < -0.39 is 15.9 Å². The van der Waals surface area contributed by atoms with Crippen LogP contribution in [0, 0.1) is 0 Å². The van der Waals surface area contributed by atoms with Gasteiger partial charge in [-0.25, -0.2) is 8.42 Å². The van der Waals surface area contributed by atoms with Crippen LogP contribution in [0.4, 0.5) is 0 Å². The summed E-state index contributed by atoms with van der Waals surface area (Å²) in [6.45, 7) is 4.73. The maximum absolute atomic E-state index is 12.7. The number of hydrogen-bond donors (Lipinski definition) is 1. The number of carbonyl (C=O) groups is 2. The zero-order valence-electron chi connectivity index (χ0n) is 17.0. The number of carbonyl (C=O) groups excluding carboxylic acids is 2. The highest BCUT2D eigenvalue weighted by Gasteiger charge is 2.30. The van der Waals surface area contributed by atoms with Gasteiger partial charge in [-0.3, -0.25) is 9.59 Å². The first-order valence-electron chi connectivity index (χ1n) is 10.1. The van der Waals surface area contributed by atoms with Crippen molar-refractivity contribution in [3.63, 3.8) is 0 Å². The average molecular weight is 424 g/mol. The summed E-state index contributed by atoms with van der Waals surface area (Å²) in [5.41, 5.74) is 5.41. The summed E-state index contributed by atoms with van der Waals surface area (Å²) in [6.07, 6.45) is 4.63. The number of nitrogens with zero attached hydrogens (tertiary/aromatic N) is 2. The van der Waals surface area contributed by atoms with Gasteiger partial charge < -0.3 is 15.4 Å². The molecule has 8 nitrogen and oxygen atoms in total. The van der Waals surface area contributed by atoms with Gasteiger partial charge in [-0.15, -0.1) is 0 Å². The lowest BCUT2D eigenvalue weighted by molar-refractivity contribution is -0.139. The zero-order valence-corrected chi connectivity index (χ0v) is 17.8. The summed E-state index contributed by atoms with van der Waals surface area (Å²) < 4.78 is 32.5. The molecule has 2 aliphatic rings. The van der Waals surface area contributed by atoms with Crippen LogP contribution in [0.15, 0.2) is 23.1 Å². The number of sulfonamides is 1. The van der Waals surface area contributed by atoms with Gasteiger partial charge >= 0.3 is 0 Å². The number of primary amides is 1. The molecule has 160 valence electrons. The molecule has 2 atom stereocenters. The van der Waals surface area contributed by atoms with E-state index in [4.69, 9.17) is 10.5 Å². The lowest BCUT2D eigenvalue weighted by atomic mass is 9.97. The normalized spacial score (nSPS) is 23.2. The summed E-state index contributed by atoms with van der Waals surface area (Å²) in [5, 5.41) is 0. The van der Waals surface area contributed by atoms with Crippen molar-refractivity contribution in [2.24, 2.45) is 5.73 Å². The van der Waals surface area contributed by atoms with Crippen LogP contribution in [0.5, 0.6) is 5.75 Å². The van der Waals surface area contributed by atoms with Crippen molar-refractivity contribution in [3.8, 4) is 5.75 Å². The van der Waals surface area contributed by atoms with Crippen LogP contribution in [0.2, 0.25) is 0 Å². The van der Waals surface area contributed by atoms with Gasteiger partial charge in [0, 0.05) is 25.2 Å². The van der Waals surface area contributed by atoms with Crippen LogP contribution in [0.3, 0.4) is 0 Å². The predicted molar refractivity (Wildman–Crippen MR) is 108 cm³/mol. The van der Waals surface area contributed by atoms with E-state index in [1.54, 1.807) is 0 Å². The molecular weight excluding hydrogens is 394 g/mol. The molecule has 2 amide bonds. The van der Waals surface area contributed by atoms with E-state index >= 15 is 0 Å². The molecule has 2 fully saturated rings. The molecule has 0 unspecified atom stereocenters. The van der Waals surface area contributed by atoms with Gasteiger partial charge in [-0.1, -0.05) is 0 Å². The Morgan fingerprint density at radius 3 is 2.31 bits per heavy atom. The van der Waals surface area contributed by atoms with Gasteiger partial charge in [0.25, 0.3) is 11.8 Å². The lowest BCUT2D eigenvalue weighted by Crippen LogP contribution is -2.49. The lowest BCUT2D eigenvalue weighted by Gasteiger charge is -2.39. The van der Waals surface area contributed by atoms with Crippen LogP contribution >= 0.6 is 0 Å². The highest BCUT2D eigenvalue weighted by Crippen LogP contribution is 2.27.